The maximum atomic E-state index is 5.34. The lowest BCUT2D eigenvalue weighted by molar-refractivity contribution is 0.0398. The smallest absolute Gasteiger partial charge is 0.126 e. The van der Waals surface area contributed by atoms with Gasteiger partial charge in [-0.3, -0.25) is 4.90 Å². The van der Waals surface area contributed by atoms with Crippen LogP contribution in [0.2, 0.25) is 0 Å². The van der Waals surface area contributed by atoms with Gasteiger partial charge >= 0.3 is 0 Å². The number of aryl methyl sites for hydroxylation is 2. The molecule has 0 amide bonds. The van der Waals surface area contributed by atoms with Gasteiger partial charge in [-0.1, -0.05) is 6.07 Å². The monoisotopic (exact) mass is 247 g/mol. The van der Waals surface area contributed by atoms with Crippen molar-refractivity contribution in [2.24, 2.45) is 0 Å². The normalized spacial score (nSPS) is 19.8. The number of fused-ring (bicyclic) bond motifs is 1. The summed E-state index contributed by atoms with van der Waals surface area (Å²) < 4.78 is 5.34. The Labute approximate surface area is 108 Å². The summed E-state index contributed by atoms with van der Waals surface area (Å²) in [4.78, 5) is 7.12. The molecule has 0 spiro atoms. The van der Waals surface area contributed by atoms with Gasteiger partial charge in [0.2, 0.25) is 0 Å². The number of hydrogen-bond donors (Lipinski definition) is 1. The highest BCUT2D eigenvalue weighted by atomic mass is 16.5. The first-order valence-electron chi connectivity index (χ1n) is 6.94. The number of pyridine rings is 1. The first-order valence-corrected chi connectivity index (χ1v) is 6.94. The number of morpholine rings is 1. The van der Waals surface area contributed by atoms with Gasteiger partial charge in [-0.2, -0.15) is 0 Å². The molecule has 1 saturated heterocycles. The highest BCUT2D eigenvalue weighted by Gasteiger charge is 2.13. The Morgan fingerprint density at radius 2 is 2.11 bits per heavy atom. The molecule has 1 aliphatic heterocycles. The standard InChI is InChI=1S/C14H21N3O/c1-2-12-4-5-14(16-13(12)3-1)15-6-7-17-8-10-18-11-9-17/h4-5H,1-3,6-11H2,(H,15,16). The van der Waals surface area contributed by atoms with E-state index >= 15 is 0 Å². The summed E-state index contributed by atoms with van der Waals surface area (Å²) in [5.74, 6) is 1.03. The van der Waals surface area contributed by atoms with Gasteiger partial charge in [0.05, 0.1) is 13.2 Å². The Morgan fingerprint density at radius 3 is 3.00 bits per heavy atom. The van der Waals surface area contributed by atoms with E-state index < -0.39 is 0 Å². The highest BCUT2D eigenvalue weighted by Crippen LogP contribution is 2.21. The average Bonchev–Trinajstić information content (AvgIpc) is 2.87. The average molecular weight is 247 g/mol. The predicted molar refractivity (Wildman–Crippen MR) is 72.0 cm³/mol. The summed E-state index contributed by atoms with van der Waals surface area (Å²) in [6.45, 7) is 5.89. The maximum absolute atomic E-state index is 5.34. The molecule has 0 unspecified atom stereocenters. The van der Waals surface area contributed by atoms with E-state index in [1.807, 2.05) is 0 Å². The second-order valence-corrected chi connectivity index (χ2v) is 5.04. The minimum atomic E-state index is 0.872. The van der Waals surface area contributed by atoms with Crippen molar-refractivity contribution in [1.29, 1.82) is 0 Å². The molecule has 4 heteroatoms. The zero-order valence-electron chi connectivity index (χ0n) is 10.8. The molecule has 2 heterocycles. The van der Waals surface area contributed by atoms with Crippen LogP contribution in [0.1, 0.15) is 17.7 Å². The van der Waals surface area contributed by atoms with Gasteiger partial charge in [-0.05, 0) is 30.9 Å². The lowest BCUT2D eigenvalue weighted by Crippen LogP contribution is -2.39. The molecule has 0 atom stereocenters. The van der Waals surface area contributed by atoms with E-state index in [9.17, 15) is 0 Å². The SMILES string of the molecule is c1cc2c(nc1NCCN1CCOCC1)CCC2. The van der Waals surface area contributed by atoms with E-state index in [0.29, 0.717) is 0 Å². The number of nitrogens with one attached hydrogen (secondary N) is 1. The molecule has 1 fully saturated rings. The molecule has 1 aliphatic carbocycles. The molecule has 0 aromatic carbocycles. The molecule has 98 valence electrons. The van der Waals surface area contributed by atoms with Crippen LogP contribution in [-0.4, -0.2) is 49.3 Å². The van der Waals surface area contributed by atoms with Crippen molar-refractivity contribution < 1.29 is 4.74 Å². The van der Waals surface area contributed by atoms with Crippen LogP contribution in [-0.2, 0) is 17.6 Å². The van der Waals surface area contributed by atoms with Gasteiger partial charge in [-0.15, -0.1) is 0 Å². The lowest BCUT2D eigenvalue weighted by Gasteiger charge is -2.26. The number of anilines is 1. The molecule has 1 aromatic heterocycles. The zero-order valence-corrected chi connectivity index (χ0v) is 10.8. The topological polar surface area (TPSA) is 37.4 Å². The third-order valence-electron chi connectivity index (χ3n) is 3.77. The minimum Gasteiger partial charge on any atom is -0.379 e. The predicted octanol–water partition coefficient (Wildman–Crippen LogP) is 1.31. The summed E-state index contributed by atoms with van der Waals surface area (Å²) in [5, 5.41) is 3.43. The van der Waals surface area contributed by atoms with Gasteiger partial charge in [-0.25, -0.2) is 4.98 Å². The first-order chi connectivity index (χ1) is 8.92. The number of aromatic nitrogens is 1. The van der Waals surface area contributed by atoms with E-state index in [0.717, 1.165) is 51.6 Å². The van der Waals surface area contributed by atoms with Crippen LogP contribution in [0.25, 0.3) is 0 Å². The molecule has 0 saturated carbocycles. The molecule has 2 aliphatic rings. The summed E-state index contributed by atoms with van der Waals surface area (Å²) >= 11 is 0. The second kappa shape index (κ2) is 5.67. The third kappa shape index (κ3) is 2.82. The van der Waals surface area contributed by atoms with Gasteiger partial charge in [0, 0.05) is 31.9 Å². The van der Waals surface area contributed by atoms with Crippen molar-refractivity contribution in [1.82, 2.24) is 9.88 Å². The quantitative estimate of drug-likeness (QED) is 0.870. The van der Waals surface area contributed by atoms with Crippen molar-refractivity contribution >= 4 is 5.82 Å². The van der Waals surface area contributed by atoms with Crippen LogP contribution in [0.4, 0.5) is 5.82 Å². The Balaban J connectivity index is 1.48. The molecular formula is C14H21N3O. The molecule has 4 nitrogen and oxygen atoms in total. The zero-order chi connectivity index (χ0) is 12.2. The van der Waals surface area contributed by atoms with Crippen LogP contribution in [0.15, 0.2) is 12.1 Å². The van der Waals surface area contributed by atoms with Crippen molar-refractivity contribution in [3.8, 4) is 0 Å². The fraction of sp³-hybridized carbons (Fsp3) is 0.643. The van der Waals surface area contributed by atoms with Gasteiger partial charge < -0.3 is 10.1 Å². The maximum Gasteiger partial charge on any atom is 0.126 e. The van der Waals surface area contributed by atoms with E-state index in [1.165, 1.54) is 24.1 Å². The van der Waals surface area contributed by atoms with Crippen molar-refractivity contribution in [3.63, 3.8) is 0 Å². The summed E-state index contributed by atoms with van der Waals surface area (Å²) in [6, 6.07) is 4.34. The molecule has 1 aromatic rings. The fourth-order valence-electron chi connectivity index (χ4n) is 2.69. The Hall–Kier alpha value is -1.13. The fourth-order valence-corrected chi connectivity index (χ4v) is 2.69. The van der Waals surface area contributed by atoms with Gasteiger partial charge in [0.1, 0.15) is 5.82 Å². The Kier molecular flexibility index (Phi) is 3.76. The summed E-state index contributed by atoms with van der Waals surface area (Å²) in [7, 11) is 0. The van der Waals surface area contributed by atoms with Gasteiger partial charge in [0.25, 0.3) is 0 Å². The number of rotatable bonds is 4. The van der Waals surface area contributed by atoms with Crippen LogP contribution >= 0.6 is 0 Å². The van der Waals surface area contributed by atoms with E-state index in [4.69, 9.17) is 4.74 Å². The van der Waals surface area contributed by atoms with Gasteiger partial charge in [0.15, 0.2) is 0 Å². The molecule has 0 bridgehead atoms. The lowest BCUT2D eigenvalue weighted by atomic mass is 10.2. The van der Waals surface area contributed by atoms with Crippen molar-refractivity contribution in [2.45, 2.75) is 19.3 Å². The number of ether oxygens (including phenoxy) is 1. The second-order valence-electron chi connectivity index (χ2n) is 5.04. The number of hydrogen-bond acceptors (Lipinski definition) is 4. The first kappa shape index (κ1) is 11.9. The van der Waals surface area contributed by atoms with E-state index in [1.54, 1.807) is 0 Å². The van der Waals surface area contributed by atoms with E-state index in [2.05, 4.69) is 27.3 Å². The largest absolute Gasteiger partial charge is 0.379 e. The van der Waals surface area contributed by atoms with Crippen LogP contribution in [0.3, 0.4) is 0 Å². The Bertz CT molecular complexity index is 402. The van der Waals surface area contributed by atoms with Crippen LogP contribution in [0.5, 0.6) is 0 Å². The molecule has 3 rings (SSSR count). The van der Waals surface area contributed by atoms with Crippen molar-refractivity contribution in [2.75, 3.05) is 44.7 Å². The van der Waals surface area contributed by atoms with E-state index in [-0.39, 0.29) is 0 Å². The third-order valence-corrected chi connectivity index (χ3v) is 3.77. The summed E-state index contributed by atoms with van der Waals surface area (Å²) in [6.07, 6.45) is 3.62. The minimum absolute atomic E-state index is 0.872. The molecule has 18 heavy (non-hydrogen) atoms. The molecule has 1 N–H and O–H groups in total. The van der Waals surface area contributed by atoms with Crippen molar-refractivity contribution in [3.05, 3.63) is 23.4 Å². The summed E-state index contributed by atoms with van der Waals surface area (Å²) in [5.41, 5.74) is 2.74. The van der Waals surface area contributed by atoms with Crippen LogP contribution < -0.4 is 5.32 Å². The molecular weight excluding hydrogens is 226 g/mol. The molecule has 0 radical (unpaired) electrons. The highest BCUT2D eigenvalue weighted by molar-refractivity contribution is 5.40. The number of nitrogens with zero attached hydrogens (tertiary/aromatic N) is 2. The Morgan fingerprint density at radius 1 is 1.22 bits per heavy atom. The van der Waals surface area contributed by atoms with Crippen LogP contribution in [0, 0.1) is 0 Å².